The van der Waals surface area contributed by atoms with Crippen LogP contribution in [0.25, 0.3) is 33.4 Å². The molecule has 0 saturated heterocycles. The van der Waals surface area contributed by atoms with Gasteiger partial charge in [-0.1, -0.05) is 35.8 Å². The van der Waals surface area contributed by atoms with Gasteiger partial charge < -0.3 is 23.9 Å². The maximum atomic E-state index is 12.6. The first-order valence-electron chi connectivity index (χ1n) is 11.5. The lowest BCUT2D eigenvalue weighted by molar-refractivity contribution is -0.384. The van der Waals surface area contributed by atoms with Gasteiger partial charge in [-0.3, -0.25) is 19.5 Å². The summed E-state index contributed by atoms with van der Waals surface area (Å²) in [5, 5.41) is 33.6. The summed E-state index contributed by atoms with van der Waals surface area (Å²) < 4.78 is 52.5. The first-order chi connectivity index (χ1) is 19.3. The summed E-state index contributed by atoms with van der Waals surface area (Å²) in [6.07, 6.45) is 0. The molecule has 3 aliphatic rings. The monoisotopic (exact) mass is 704 g/mol. The fraction of sp³-hybridized carbons (Fsp3) is 0. The Kier molecular flexibility index (Phi) is 6.17. The normalized spacial score (nSPS) is 16.4. The second-order valence-electron chi connectivity index (χ2n) is 9.01. The fourth-order valence-electron chi connectivity index (χ4n) is 4.77. The van der Waals surface area contributed by atoms with E-state index >= 15 is 0 Å². The number of phenols is 1. The Hall–Kier alpha value is -3.96. The SMILES string of the molecule is O=c1c(Br)cc2c(-c3ccccc3S(=O)(=O)O)c3cc(Br)c4c(c3oc-2c1O)O[B-](O)(c1cccc([N+](=O)[O-])c1)O4. The average molecular weight is 706 g/mol. The number of hydrogen-bond donors (Lipinski definition) is 3. The number of nitro groups is 1. The van der Waals surface area contributed by atoms with E-state index < -0.39 is 37.9 Å². The van der Waals surface area contributed by atoms with Crippen LogP contribution in [0.3, 0.4) is 0 Å². The van der Waals surface area contributed by atoms with E-state index in [9.17, 15) is 38.0 Å². The van der Waals surface area contributed by atoms with Crippen LogP contribution in [0.5, 0.6) is 17.2 Å². The number of nitrogens with zero attached hydrogens (tertiary/aromatic N) is 1. The predicted octanol–water partition coefficient (Wildman–Crippen LogP) is 4.56. The molecular weight excluding hydrogens is 693 g/mol. The number of hydrogen-bond acceptors (Lipinski definition) is 10. The topological polar surface area (TPSA) is 187 Å². The third-order valence-corrected chi connectivity index (χ3v) is 8.63. The van der Waals surface area contributed by atoms with Gasteiger partial charge in [0.1, 0.15) is 10.6 Å². The van der Waals surface area contributed by atoms with Crippen LogP contribution in [0, 0.1) is 10.1 Å². The third kappa shape index (κ3) is 4.26. The van der Waals surface area contributed by atoms with Crippen molar-refractivity contribution in [1.29, 1.82) is 0 Å². The lowest BCUT2D eigenvalue weighted by Crippen LogP contribution is -2.57. The van der Waals surface area contributed by atoms with E-state index in [4.69, 9.17) is 13.7 Å². The number of rotatable bonds is 4. The highest BCUT2D eigenvalue weighted by Gasteiger charge is 2.42. The molecule has 3 aromatic carbocycles. The van der Waals surface area contributed by atoms with Gasteiger partial charge >= 0.3 is 6.75 Å². The molecule has 6 rings (SSSR count). The van der Waals surface area contributed by atoms with E-state index in [-0.39, 0.29) is 65.0 Å². The average Bonchev–Trinajstić information content (AvgIpc) is 3.30. The molecule has 0 bridgehead atoms. The second-order valence-corrected chi connectivity index (χ2v) is 12.1. The third-order valence-electron chi connectivity index (χ3n) is 6.54. The Morgan fingerprint density at radius 3 is 2.34 bits per heavy atom. The van der Waals surface area contributed by atoms with E-state index in [2.05, 4.69) is 31.9 Å². The minimum atomic E-state index is -4.76. The first-order valence-corrected chi connectivity index (χ1v) is 14.5. The van der Waals surface area contributed by atoms with Crippen LogP contribution >= 0.6 is 31.9 Å². The van der Waals surface area contributed by atoms with Crippen molar-refractivity contribution in [3.8, 4) is 39.7 Å². The first kappa shape index (κ1) is 27.2. The van der Waals surface area contributed by atoms with E-state index in [0.717, 1.165) is 6.07 Å². The summed E-state index contributed by atoms with van der Waals surface area (Å²) >= 11 is 6.47. The summed E-state index contributed by atoms with van der Waals surface area (Å²) in [5.41, 5.74) is -1.17. The number of non-ortho nitro benzene ring substituents is 1. The van der Waals surface area contributed by atoms with Crippen LogP contribution in [-0.2, 0) is 10.1 Å². The van der Waals surface area contributed by atoms with Crippen LogP contribution in [0.2, 0.25) is 0 Å². The lowest BCUT2D eigenvalue weighted by Gasteiger charge is -2.29. The van der Waals surface area contributed by atoms with Crippen molar-refractivity contribution >= 4 is 70.9 Å². The Morgan fingerprint density at radius 2 is 1.63 bits per heavy atom. The summed E-state index contributed by atoms with van der Waals surface area (Å²) in [6.45, 7) is -3.39. The number of nitro benzene ring substituents is 1. The number of phenolic OH excluding ortho intramolecular Hbond substituents is 1. The molecule has 12 nitrogen and oxygen atoms in total. The molecular formula is C25H13BBr2NO11S-. The van der Waals surface area contributed by atoms with E-state index in [0.29, 0.717) is 0 Å². The highest BCUT2D eigenvalue weighted by Crippen LogP contribution is 2.53. The molecule has 0 aromatic heterocycles. The molecule has 3 N–H and O–H groups in total. The van der Waals surface area contributed by atoms with Crippen LogP contribution in [-0.4, -0.2) is 34.8 Å². The van der Waals surface area contributed by atoms with Crippen molar-refractivity contribution < 1.29 is 41.8 Å². The quantitative estimate of drug-likeness (QED) is 0.0782. The van der Waals surface area contributed by atoms with Crippen molar-refractivity contribution in [1.82, 2.24) is 0 Å². The molecule has 0 saturated carbocycles. The maximum Gasteiger partial charge on any atom is 0.521 e. The van der Waals surface area contributed by atoms with Crippen LogP contribution in [0.15, 0.2) is 83.7 Å². The molecule has 0 radical (unpaired) electrons. The fourth-order valence-corrected chi connectivity index (χ4v) is 6.38. The van der Waals surface area contributed by atoms with Gasteiger partial charge in [-0.2, -0.15) is 8.42 Å². The molecule has 208 valence electrons. The van der Waals surface area contributed by atoms with Crippen molar-refractivity contribution in [3.05, 3.63) is 89.9 Å². The van der Waals surface area contributed by atoms with Crippen LogP contribution < -0.4 is 20.2 Å². The van der Waals surface area contributed by atoms with Gasteiger partial charge in [0, 0.05) is 28.1 Å². The smallest absolute Gasteiger partial charge is 0.521 e. The van der Waals surface area contributed by atoms with Crippen LogP contribution in [0.4, 0.5) is 5.69 Å². The second kappa shape index (κ2) is 9.29. The Labute approximate surface area is 246 Å². The minimum Gasteiger partial charge on any atom is -0.653 e. The predicted molar refractivity (Wildman–Crippen MR) is 153 cm³/mol. The Bertz CT molecular complexity index is 2100. The molecule has 0 spiro atoms. The minimum absolute atomic E-state index is 0.00373. The standard InChI is InChI=1S/C25H13BBr2NO11S/c27-16-9-14-19(13-6-1-2-7-18(13)41(35,36)37)15-10-17(28)24-25(23(15)38-22(14)21(31)20(16)30)40-26(32,39-24)11-4-3-5-12(8-11)29(33)34/h1-10,31-32H,(H,35,36,37)/q-1. The highest BCUT2D eigenvalue weighted by atomic mass is 79.9. The van der Waals surface area contributed by atoms with E-state index in [1.165, 1.54) is 54.6 Å². The Balaban J connectivity index is 1.72. The summed E-state index contributed by atoms with van der Waals surface area (Å²) in [6, 6.07) is 13.3. The van der Waals surface area contributed by atoms with Crippen molar-refractivity contribution in [3.63, 3.8) is 0 Å². The lowest BCUT2D eigenvalue weighted by atomic mass is 9.70. The molecule has 0 amide bonds. The summed E-state index contributed by atoms with van der Waals surface area (Å²) in [7, 11) is -4.76. The number of aromatic hydroxyl groups is 1. The molecule has 2 aliphatic heterocycles. The Morgan fingerprint density at radius 1 is 0.927 bits per heavy atom. The van der Waals surface area contributed by atoms with Gasteiger partial charge in [-0.15, -0.1) is 0 Å². The van der Waals surface area contributed by atoms with E-state index in [1.807, 2.05) is 0 Å². The zero-order valence-corrected chi connectivity index (χ0v) is 24.1. The zero-order valence-electron chi connectivity index (χ0n) is 20.1. The van der Waals surface area contributed by atoms with Crippen LogP contribution in [0.1, 0.15) is 0 Å². The van der Waals surface area contributed by atoms with Gasteiger partial charge in [-0.05, 0) is 56.1 Å². The zero-order chi connectivity index (χ0) is 29.4. The molecule has 16 heteroatoms. The number of fused-ring (bicyclic) bond motifs is 4. The van der Waals surface area contributed by atoms with Gasteiger partial charge in [0.2, 0.25) is 11.2 Å². The van der Waals surface area contributed by atoms with Gasteiger partial charge in [0.05, 0.1) is 13.9 Å². The van der Waals surface area contributed by atoms with E-state index in [1.54, 1.807) is 0 Å². The molecule has 3 aromatic rings. The number of benzene rings is 4. The molecule has 1 aliphatic carbocycles. The van der Waals surface area contributed by atoms with Crippen molar-refractivity contribution in [2.45, 2.75) is 4.90 Å². The largest absolute Gasteiger partial charge is 0.653 e. The maximum absolute atomic E-state index is 12.6. The number of halogens is 2. The molecule has 1 unspecified atom stereocenters. The summed E-state index contributed by atoms with van der Waals surface area (Å²) in [5.74, 6) is -1.43. The van der Waals surface area contributed by atoms with Gasteiger partial charge in [0.15, 0.2) is 17.1 Å². The van der Waals surface area contributed by atoms with Gasteiger partial charge in [0.25, 0.3) is 15.8 Å². The van der Waals surface area contributed by atoms with Crippen molar-refractivity contribution in [2.24, 2.45) is 0 Å². The van der Waals surface area contributed by atoms with Crippen molar-refractivity contribution in [2.75, 3.05) is 0 Å². The molecule has 0 fully saturated rings. The van der Waals surface area contributed by atoms with Gasteiger partial charge in [-0.25, -0.2) is 0 Å². The highest BCUT2D eigenvalue weighted by molar-refractivity contribution is 9.10. The molecule has 1 atom stereocenters. The molecule has 41 heavy (non-hydrogen) atoms. The summed E-state index contributed by atoms with van der Waals surface area (Å²) in [4.78, 5) is 22.8. The molecule has 2 heterocycles.